The lowest BCUT2D eigenvalue weighted by Gasteiger charge is -2.10. The number of nitrogens with one attached hydrogen (secondary N) is 1. The van der Waals surface area contributed by atoms with Crippen LogP contribution in [0.3, 0.4) is 0 Å². The molecule has 1 amide bonds. The molecule has 132 valence electrons. The van der Waals surface area contributed by atoms with Crippen molar-refractivity contribution in [1.29, 1.82) is 0 Å². The van der Waals surface area contributed by atoms with Gasteiger partial charge in [0.2, 0.25) is 0 Å². The van der Waals surface area contributed by atoms with Crippen LogP contribution in [-0.2, 0) is 20.7 Å². The molecule has 2 aromatic carbocycles. The molecule has 0 unspecified atom stereocenters. The zero-order valence-electron chi connectivity index (χ0n) is 14.3. The van der Waals surface area contributed by atoms with Crippen LogP contribution < -0.4 is 14.8 Å². The lowest BCUT2D eigenvalue weighted by Crippen LogP contribution is -2.21. The number of anilines is 1. The number of carbonyl (C=O) groups excluding carboxylic acids is 2. The van der Waals surface area contributed by atoms with E-state index in [0.29, 0.717) is 17.9 Å². The van der Waals surface area contributed by atoms with Gasteiger partial charge in [-0.15, -0.1) is 0 Å². The molecule has 0 aliphatic rings. The first-order valence-corrected chi connectivity index (χ1v) is 7.84. The number of rotatable bonds is 8. The highest BCUT2D eigenvalue weighted by Crippen LogP contribution is 2.23. The maximum absolute atomic E-state index is 11.9. The third-order valence-corrected chi connectivity index (χ3v) is 3.54. The Morgan fingerprint density at radius 3 is 2.28 bits per heavy atom. The average Bonchev–Trinajstić information content (AvgIpc) is 2.65. The summed E-state index contributed by atoms with van der Waals surface area (Å²) in [4.78, 5) is 23.7. The Hall–Kier alpha value is -3.02. The first-order chi connectivity index (χ1) is 12.1. The Balaban J connectivity index is 1.78. The van der Waals surface area contributed by atoms with E-state index in [1.54, 1.807) is 31.4 Å². The van der Waals surface area contributed by atoms with Gasteiger partial charge in [-0.25, -0.2) is 0 Å². The van der Waals surface area contributed by atoms with Crippen molar-refractivity contribution in [3.8, 4) is 11.5 Å². The number of carbonyl (C=O) groups is 2. The second kappa shape index (κ2) is 9.32. The molecule has 6 nitrogen and oxygen atoms in total. The van der Waals surface area contributed by atoms with Gasteiger partial charge in [0.1, 0.15) is 11.5 Å². The number of hydrogen-bond donors (Lipinski definition) is 1. The molecule has 6 heteroatoms. The number of methoxy groups -OCH3 is 2. The van der Waals surface area contributed by atoms with Crippen LogP contribution in [0, 0.1) is 0 Å². The second-order valence-electron chi connectivity index (χ2n) is 5.22. The van der Waals surface area contributed by atoms with Crippen molar-refractivity contribution in [2.24, 2.45) is 0 Å². The number of esters is 1. The summed E-state index contributed by atoms with van der Waals surface area (Å²) in [6.45, 7) is -0.344. The van der Waals surface area contributed by atoms with E-state index in [4.69, 9.17) is 14.2 Å². The Morgan fingerprint density at radius 2 is 1.56 bits per heavy atom. The number of amides is 1. The average molecular weight is 343 g/mol. The van der Waals surface area contributed by atoms with E-state index >= 15 is 0 Å². The van der Waals surface area contributed by atoms with Gasteiger partial charge in [-0.3, -0.25) is 9.59 Å². The standard InChI is InChI=1S/C19H21NO5/c1-23-16-9-5-3-7-14(16)11-12-19(22)25-13-18(21)20-15-8-4-6-10-17(15)24-2/h3-10H,11-13H2,1-2H3,(H,20,21). The summed E-state index contributed by atoms with van der Waals surface area (Å²) in [7, 11) is 3.10. The minimum absolute atomic E-state index is 0.169. The smallest absolute Gasteiger partial charge is 0.306 e. The van der Waals surface area contributed by atoms with E-state index in [9.17, 15) is 9.59 Å². The highest BCUT2D eigenvalue weighted by Gasteiger charge is 2.11. The third-order valence-electron chi connectivity index (χ3n) is 3.54. The van der Waals surface area contributed by atoms with Gasteiger partial charge in [0.25, 0.3) is 5.91 Å². The van der Waals surface area contributed by atoms with Gasteiger partial charge in [-0.2, -0.15) is 0 Å². The van der Waals surface area contributed by atoms with E-state index in [1.165, 1.54) is 7.11 Å². The highest BCUT2D eigenvalue weighted by molar-refractivity contribution is 5.94. The minimum Gasteiger partial charge on any atom is -0.496 e. The molecule has 0 saturated heterocycles. The van der Waals surface area contributed by atoms with Gasteiger partial charge in [-0.1, -0.05) is 30.3 Å². The molecule has 0 fully saturated rings. The molecule has 0 aromatic heterocycles. The van der Waals surface area contributed by atoms with E-state index in [2.05, 4.69) is 5.32 Å². The summed E-state index contributed by atoms with van der Waals surface area (Å²) < 4.78 is 15.4. The SMILES string of the molecule is COc1ccccc1CCC(=O)OCC(=O)Nc1ccccc1OC. The number of hydrogen-bond acceptors (Lipinski definition) is 5. The van der Waals surface area contributed by atoms with Crippen molar-refractivity contribution in [2.45, 2.75) is 12.8 Å². The number of para-hydroxylation sites is 3. The lowest BCUT2D eigenvalue weighted by atomic mass is 10.1. The molecule has 1 N–H and O–H groups in total. The Labute approximate surface area is 146 Å². The molecule has 25 heavy (non-hydrogen) atoms. The largest absolute Gasteiger partial charge is 0.496 e. The zero-order chi connectivity index (χ0) is 18.1. The van der Waals surface area contributed by atoms with Crippen molar-refractivity contribution >= 4 is 17.6 Å². The van der Waals surface area contributed by atoms with Crippen LogP contribution in [0.5, 0.6) is 11.5 Å². The first kappa shape index (κ1) is 18.3. The van der Waals surface area contributed by atoms with Crippen molar-refractivity contribution in [2.75, 3.05) is 26.1 Å². The Kier molecular flexibility index (Phi) is 6.83. The topological polar surface area (TPSA) is 73.9 Å². The summed E-state index contributed by atoms with van der Waals surface area (Å²) in [5.74, 6) is 0.402. The fourth-order valence-electron chi connectivity index (χ4n) is 2.30. The van der Waals surface area contributed by atoms with E-state index in [1.807, 2.05) is 24.3 Å². The van der Waals surface area contributed by atoms with Gasteiger partial charge in [0.05, 0.1) is 19.9 Å². The molecular weight excluding hydrogens is 322 g/mol. The molecule has 0 spiro atoms. The van der Waals surface area contributed by atoms with Crippen LogP contribution in [0.1, 0.15) is 12.0 Å². The normalized spacial score (nSPS) is 10.0. The zero-order valence-corrected chi connectivity index (χ0v) is 14.3. The van der Waals surface area contributed by atoms with Gasteiger partial charge in [0.15, 0.2) is 6.61 Å². The van der Waals surface area contributed by atoms with Gasteiger partial charge >= 0.3 is 5.97 Å². The quantitative estimate of drug-likeness (QED) is 0.746. The van der Waals surface area contributed by atoms with Crippen LogP contribution >= 0.6 is 0 Å². The predicted octanol–water partition coefficient (Wildman–Crippen LogP) is 2.82. The highest BCUT2D eigenvalue weighted by atomic mass is 16.5. The van der Waals surface area contributed by atoms with Crippen LogP contribution in [0.4, 0.5) is 5.69 Å². The van der Waals surface area contributed by atoms with Crippen molar-refractivity contribution in [3.63, 3.8) is 0 Å². The van der Waals surface area contributed by atoms with Crippen LogP contribution in [0.25, 0.3) is 0 Å². The maximum atomic E-state index is 11.9. The van der Waals surface area contributed by atoms with E-state index in [0.717, 1.165) is 11.3 Å². The molecule has 0 atom stereocenters. The summed E-state index contributed by atoms with van der Waals surface area (Å²) in [5.41, 5.74) is 1.44. The molecule has 0 saturated carbocycles. The van der Waals surface area contributed by atoms with Gasteiger partial charge in [0, 0.05) is 6.42 Å². The molecule has 2 aromatic rings. The molecular formula is C19H21NO5. The molecule has 0 radical (unpaired) electrons. The fourth-order valence-corrected chi connectivity index (χ4v) is 2.30. The first-order valence-electron chi connectivity index (χ1n) is 7.84. The Morgan fingerprint density at radius 1 is 0.920 bits per heavy atom. The molecule has 0 heterocycles. The summed E-state index contributed by atoms with van der Waals surface area (Å²) in [6, 6.07) is 14.5. The van der Waals surface area contributed by atoms with Crippen molar-refractivity contribution in [3.05, 3.63) is 54.1 Å². The predicted molar refractivity (Wildman–Crippen MR) is 93.9 cm³/mol. The Bertz CT molecular complexity index is 729. The molecule has 0 aliphatic heterocycles. The number of aryl methyl sites for hydroxylation is 1. The lowest BCUT2D eigenvalue weighted by molar-refractivity contribution is -0.147. The summed E-state index contributed by atoms with van der Waals surface area (Å²) in [6.07, 6.45) is 0.652. The second-order valence-corrected chi connectivity index (χ2v) is 5.22. The summed E-state index contributed by atoms with van der Waals surface area (Å²) >= 11 is 0. The van der Waals surface area contributed by atoms with Gasteiger partial charge < -0.3 is 19.5 Å². The van der Waals surface area contributed by atoms with Crippen LogP contribution in [-0.4, -0.2) is 32.7 Å². The fraction of sp³-hybridized carbons (Fsp3) is 0.263. The number of ether oxygens (including phenoxy) is 3. The molecule has 0 bridgehead atoms. The van der Waals surface area contributed by atoms with Crippen LogP contribution in [0.15, 0.2) is 48.5 Å². The monoisotopic (exact) mass is 343 g/mol. The third kappa shape index (κ3) is 5.53. The van der Waals surface area contributed by atoms with Crippen molar-refractivity contribution < 1.29 is 23.8 Å². The maximum Gasteiger partial charge on any atom is 0.306 e. The van der Waals surface area contributed by atoms with E-state index < -0.39 is 11.9 Å². The number of benzene rings is 2. The minimum atomic E-state index is -0.443. The van der Waals surface area contributed by atoms with Crippen molar-refractivity contribution in [1.82, 2.24) is 0 Å². The molecule has 2 rings (SSSR count). The van der Waals surface area contributed by atoms with Gasteiger partial charge in [-0.05, 0) is 30.2 Å². The van der Waals surface area contributed by atoms with E-state index in [-0.39, 0.29) is 13.0 Å². The summed E-state index contributed by atoms with van der Waals surface area (Å²) in [5, 5.41) is 2.65. The van der Waals surface area contributed by atoms with Crippen LogP contribution in [0.2, 0.25) is 0 Å². The molecule has 0 aliphatic carbocycles.